The summed E-state index contributed by atoms with van der Waals surface area (Å²) < 4.78 is 16.4. The van der Waals surface area contributed by atoms with Gasteiger partial charge in [0.25, 0.3) is 0 Å². The lowest BCUT2D eigenvalue weighted by Gasteiger charge is -2.14. The van der Waals surface area contributed by atoms with Crippen LogP contribution in [-0.4, -0.2) is 19.4 Å². The van der Waals surface area contributed by atoms with Crippen molar-refractivity contribution in [3.8, 4) is 29.1 Å². The molecule has 2 rings (SSSR count). The SMILES string of the molecule is CC#CCOc1cc2c(cc1CC(N)CC)OCO2. The highest BCUT2D eigenvalue weighted by atomic mass is 16.7. The molecule has 102 valence electrons. The molecule has 0 aliphatic carbocycles. The van der Waals surface area contributed by atoms with Gasteiger partial charge in [-0.05, 0) is 31.4 Å². The number of ether oxygens (including phenoxy) is 3. The van der Waals surface area contributed by atoms with Crippen LogP contribution in [0.2, 0.25) is 0 Å². The first-order valence-corrected chi connectivity index (χ1v) is 6.45. The maximum absolute atomic E-state index is 6.02. The molecule has 0 spiro atoms. The Morgan fingerprint density at radius 3 is 2.79 bits per heavy atom. The van der Waals surface area contributed by atoms with Crippen LogP contribution in [0.5, 0.6) is 17.2 Å². The van der Waals surface area contributed by atoms with Gasteiger partial charge in [-0.3, -0.25) is 0 Å². The molecule has 1 aromatic carbocycles. The van der Waals surface area contributed by atoms with E-state index in [2.05, 4.69) is 18.8 Å². The number of fused-ring (bicyclic) bond motifs is 1. The Labute approximate surface area is 113 Å². The third-order valence-corrected chi connectivity index (χ3v) is 3.04. The van der Waals surface area contributed by atoms with E-state index in [1.165, 1.54) is 0 Å². The van der Waals surface area contributed by atoms with Gasteiger partial charge >= 0.3 is 0 Å². The van der Waals surface area contributed by atoms with Gasteiger partial charge in [0.15, 0.2) is 11.5 Å². The first kappa shape index (κ1) is 13.6. The molecule has 1 aromatic rings. The van der Waals surface area contributed by atoms with Gasteiger partial charge in [-0.25, -0.2) is 0 Å². The van der Waals surface area contributed by atoms with Gasteiger partial charge in [-0.15, -0.1) is 5.92 Å². The van der Waals surface area contributed by atoms with E-state index in [1.54, 1.807) is 6.92 Å². The Hall–Kier alpha value is -1.86. The standard InChI is InChI=1S/C15H19NO3/c1-3-5-6-17-13-9-15-14(18-10-19-15)8-11(13)7-12(16)4-2/h8-9,12H,4,6-7,10,16H2,1-2H3. The Morgan fingerprint density at radius 2 is 2.11 bits per heavy atom. The highest BCUT2D eigenvalue weighted by molar-refractivity contribution is 5.52. The van der Waals surface area contributed by atoms with E-state index < -0.39 is 0 Å². The van der Waals surface area contributed by atoms with Crippen molar-refractivity contribution in [1.82, 2.24) is 0 Å². The Balaban J connectivity index is 2.23. The number of nitrogens with two attached hydrogens (primary N) is 1. The molecule has 2 N–H and O–H groups in total. The summed E-state index contributed by atoms with van der Waals surface area (Å²) in [5.74, 6) is 7.94. The molecule has 0 saturated heterocycles. The molecule has 0 amide bonds. The second kappa shape index (κ2) is 6.35. The van der Waals surface area contributed by atoms with Crippen LogP contribution in [0.1, 0.15) is 25.8 Å². The number of hydrogen-bond acceptors (Lipinski definition) is 4. The van der Waals surface area contributed by atoms with Crippen molar-refractivity contribution in [2.75, 3.05) is 13.4 Å². The number of benzene rings is 1. The lowest BCUT2D eigenvalue weighted by Crippen LogP contribution is -2.21. The summed E-state index contributed by atoms with van der Waals surface area (Å²) in [6.07, 6.45) is 1.67. The molecule has 4 heteroatoms. The Bertz CT molecular complexity index is 502. The van der Waals surface area contributed by atoms with Gasteiger partial charge in [-0.1, -0.05) is 12.8 Å². The molecule has 0 fully saturated rings. The molecule has 1 unspecified atom stereocenters. The van der Waals surface area contributed by atoms with Gasteiger partial charge in [0.05, 0.1) is 0 Å². The van der Waals surface area contributed by atoms with Crippen LogP contribution in [0.15, 0.2) is 12.1 Å². The molecule has 1 aliphatic rings. The fourth-order valence-corrected chi connectivity index (χ4v) is 1.87. The van der Waals surface area contributed by atoms with Gasteiger partial charge in [0.2, 0.25) is 6.79 Å². The molecule has 0 saturated carbocycles. The van der Waals surface area contributed by atoms with Crippen LogP contribution in [0.3, 0.4) is 0 Å². The minimum Gasteiger partial charge on any atom is -0.481 e. The lowest BCUT2D eigenvalue weighted by atomic mass is 10.0. The quantitative estimate of drug-likeness (QED) is 0.825. The maximum atomic E-state index is 6.02. The van der Waals surface area contributed by atoms with Crippen LogP contribution in [0.4, 0.5) is 0 Å². The Morgan fingerprint density at radius 1 is 1.37 bits per heavy atom. The van der Waals surface area contributed by atoms with Crippen LogP contribution >= 0.6 is 0 Å². The van der Waals surface area contributed by atoms with E-state index in [0.29, 0.717) is 12.4 Å². The van der Waals surface area contributed by atoms with Crippen molar-refractivity contribution in [2.24, 2.45) is 5.73 Å². The zero-order valence-electron chi connectivity index (χ0n) is 11.4. The van der Waals surface area contributed by atoms with E-state index in [9.17, 15) is 0 Å². The fourth-order valence-electron chi connectivity index (χ4n) is 1.87. The third kappa shape index (κ3) is 3.33. The zero-order chi connectivity index (χ0) is 13.7. The molecule has 0 radical (unpaired) electrons. The molecular formula is C15H19NO3. The van der Waals surface area contributed by atoms with Crippen LogP contribution in [0, 0.1) is 11.8 Å². The summed E-state index contributed by atoms with van der Waals surface area (Å²) in [4.78, 5) is 0. The first-order valence-electron chi connectivity index (χ1n) is 6.45. The monoisotopic (exact) mass is 261 g/mol. The van der Waals surface area contributed by atoms with Crippen molar-refractivity contribution in [1.29, 1.82) is 0 Å². The summed E-state index contributed by atoms with van der Waals surface area (Å²) in [5.41, 5.74) is 7.06. The summed E-state index contributed by atoms with van der Waals surface area (Å²) >= 11 is 0. The first-order chi connectivity index (χ1) is 9.24. The van der Waals surface area contributed by atoms with Crippen molar-refractivity contribution in [3.63, 3.8) is 0 Å². The second-order valence-electron chi connectivity index (χ2n) is 4.40. The molecule has 19 heavy (non-hydrogen) atoms. The molecule has 1 aliphatic heterocycles. The van der Waals surface area contributed by atoms with Gasteiger partial charge in [0.1, 0.15) is 12.4 Å². The summed E-state index contributed by atoms with van der Waals surface area (Å²) in [7, 11) is 0. The number of hydrogen-bond donors (Lipinski definition) is 1. The minimum atomic E-state index is 0.111. The van der Waals surface area contributed by atoms with Gasteiger partial charge in [-0.2, -0.15) is 0 Å². The van der Waals surface area contributed by atoms with Crippen molar-refractivity contribution < 1.29 is 14.2 Å². The van der Waals surface area contributed by atoms with Gasteiger partial charge in [0, 0.05) is 12.1 Å². The average molecular weight is 261 g/mol. The third-order valence-electron chi connectivity index (χ3n) is 3.04. The zero-order valence-corrected chi connectivity index (χ0v) is 11.4. The topological polar surface area (TPSA) is 53.7 Å². The minimum absolute atomic E-state index is 0.111. The molecular weight excluding hydrogens is 242 g/mol. The number of rotatable bonds is 5. The van der Waals surface area contributed by atoms with Crippen LogP contribution in [0.25, 0.3) is 0 Å². The maximum Gasteiger partial charge on any atom is 0.231 e. The Kier molecular flexibility index (Phi) is 4.53. The second-order valence-corrected chi connectivity index (χ2v) is 4.40. The lowest BCUT2D eigenvalue weighted by molar-refractivity contribution is 0.174. The average Bonchev–Trinajstić information content (AvgIpc) is 2.86. The summed E-state index contributed by atoms with van der Waals surface area (Å²) in [5, 5.41) is 0. The molecule has 0 bridgehead atoms. The molecule has 1 heterocycles. The van der Waals surface area contributed by atoms with Crippen molar-refractivity contribution >= 4 is 0 Å². The summed E-state index contributed by atoms with van der Waals surface area (Å²) in [6.45, 7) is 4.48. The largest absolute Gasteiger partial charge is 0.481 e. The predicted octanol–water partition coefficient (Wildman–Crippen LogP) is 2.10. The molecule has 1 atom stereocenters. The summed E-state index contributed by atoms with van der Waals surface area (Å²) in [6, 6.07) is 3.92. The van der Waals surface area contributed by atoms with E-state index in [0.717, 1.165) is 29.9 Å². The van der Waals surface area contributed by atoms with E-state index >= 15 is 0 Å². The smallest absolute Gasteiger partial charge is 0.231 e. The van der Waals surface area contributed by atoms with E-state index in [1.807, 2.05) is 12.1 Å². The molecule has 0 aromatic heterocycles. The highest BCUT2D eigenvalue weighted by Gasteiger charge is 2.19. The van der Waals surface area contributed by atoms with E-state index in [-0.39, 0.29) is 12.8 Å². The van der Waals surface area contributed by atoms with Crippen LogP contribution < -0.4 is 19.9 Å². The van der Waals surface area contributed by atoms with Crippen molar-refractivity contribution in [2.45, 2.75) is 32.7 Å². The molecule has 4 nitrogen and oxygen atoms in total. The fraction of sp³-hybridized carbons (Fsp3) is 0.467. The van der Waals surface area contributed by atoms with E-state index in [4.69, 9.17) is 19.9 Å². The van der Waals surface area contributed by atoms with Gasteiger partial charge < -0.3 is 19.9 Å². The highest BCUT2D eigenvalue weighted by Crippen LogP contribution is 2.38. The van der Waals surface area contributed by atoms with Crippen LogP contribution in [-0.2, 0) is 6.42 Å². The normalized spacial score (nSPS) is 13.6. The predicted molar refractivity (Wildman–Crippen MR) is 73.5 cm³/mol. The van der Waals surface area contributed by atoms with Crippen molar-refractivity contribution in [3.05, 3.63) is 17.7 Å².